The van der Waals surface area contributed by atoms with Crippen LogP contribution in [0.4, 0.5) is 11.4 Å². The smallest absolute Gasteiger partial charge is 0.340 e. The first-order valence-electron chi connectivity index (χ1n) is 11.8. The highest BCUT2D eigenvalue weighted by Crippen LogP contribution is 2.31. The fourth-order valence-corrected chi connectivity index (χ4v) is 4.44. The average Bonchev–Trinajstić information content (AvgIpc) is 3.18. The number of methoxy groups -OCH3 is 1. The molecular formula is C27H30ClN3O5. The number of hydrogen-bond acceptors (Lipinski definition) is 6. The minimum atomic E-state index is -0.986. The highest BCUT2D eigenvalue weighted by Gasteiger charge is 2.24. The van der Waals surface area contributed by atoms with Crippen LogP contribution in [0.1, 0.15) is 28.7 Å². The molecule has 1 aliphatic rings. The predicted octanol–water partition coefficient (Wildman–Crippen LogP) is 4.78. The zero-order valence-electron chi connectivity index (χ0n) is 20.8. The van der Waals surface area contributed by atoms with Gasteiger partial charge in [0.15, 0.2) is 6.10 Å². The summed E-state index contributed by atoms with van der Waals surface area (Å²) < 4.78 is 18.2. The molecule has 1 amide bonds. The first-order valence-corrected chi connectivity index (χ1v) is 12.1. The monoisotopic (exact) mass is 511 g/mol. The van der Waals surface area contributed by atoms with Crippen molar-refractivity contribution < 1.29 is 23.8 Å². The van der Waals surface area contributed by atoms with Crippen molar-refractivity contribution in [2.75, 3.05) is 43.6 Å². The maximum absolute atomic E-state index is 13.0. The van der Waals surface area contributed by atoms with Crippen LogP contribution in [0.15, 0.2) is 48.5 Å². The molecule has 8 nitrogen and oxygen atoms in total. The van der Waals surface area contributed by atoms with Crippen molar-refractivity contribution in [1.29, 1.82) is 0 Å². The van der Waals surface area contributed by atoms with Gasteiger partial charge in [0.25, 0.3) is 5.91 Å². The highest BCUT2D eigenvalue weighted by molar-refractivity contribution is 6.30. The van der Waals surface area contributed by atoms with E-state index in [2.05, 4.69) is 10.2 Å². The van der Waals surface area contributed by atoms with Crippen molar-refractivity contribution in [2.24, 2.45) is 0 Å². The number of hydrogen-bond donors (Lipinski definition) is 1. The molecule has 1 atom stereocenters. The highest BCUT2D eigenvalue weighted by atomic mass is 35.5. The van der Waals surface area contributed by atoms with Gasteiger partial charge < -0.3 is 29.0 Å². The van der Waals surface area contributed by atoms with E-state index < -0.39 is 18.0 Å². The zero-order chi connectivity index (χ0) is 25.8. The molecule has 1 fully saturated rings. The molecule has 0 unspecified atom stereocenters. The first kappa shape index (κ1) is 25.6. The van der Waals surface area contributed by atoms with Crippen LogP contribution in [-0.4, -0.2) is 56.0 Å². The van der Waals surface area contributed by atoms with Crippen molar-refractivity contribution in [3.63, 3.8) is 0 Å². The number of carbonyl (C=O) groups excluding carboxylic acids is 2. The molecule has 0 bridgehead atoms. The Labute approximate surface area is 215 Å². The van der Waals surface area contributed by atoms with Crippen LogP contribution in [0.25, 0.3) is 5.69 Å². The minimum absolute atomic E-state index is 0.365. The third-order valence-corrected chi connectivity index (χ3v) is 6.43. The number of benzene rings is 2. The number of amides is 1. The normalized spacial score (nSPS) is 14.3. The van der Waals surface area contributed by atoms with Crippen molar-refractivity contribution in [3.05, 3.63) is 70.5 Å². The molecule has 2 aromatic carbocycles. The second-order valence-electron chi connectivity index (χ2n) is 8.62. The van der Waals surface area contributed by atoms with Crippen LogP contribution in [0.5, 0.6) is 5.75 Å². The van der Waals surface area contributed by atoms with Gasteiger partial charge in [-0.25, -0.2) is 4.79 Å². The van der Waals surface area contributed by atoms with Crippen molar-refractivity contribution >= 4 is 34.9 Å². The molecule has 0 spiro atoms. The lowest BCUT2D eigenvalue weighted by Crippen LogP contribution is -2.36. The summed E-state index contributed by atoms with van der Waals surface area (Å²) in [5.74, 6) is -0.373. The van der Waals surface area contributed by atoms with Gasteiger partial charge in [-0.15, -0.1) is 0 Å². The summed E-state index contributed by atoms with van der Waals surface area (Å²) in [6, 6.07) is 14.6. The number of halogens is 1. The average molecular weight is 512 g/mol. The van der Waals surface area contributed by atoms with E-state index in [1.165, 1.54) is 0 Å². The maximum atomic E-state index is 13.0. The third-order valence-electron chi connectivity index (χ3n) is 6.20. The number of nitrogens with one attached hydrogen (secondary N) is 1. The SMILES string of the molecule is COc1ccc(Cl)cc1-n1c(C)cc(C(=O)O[C@H](C)C(=O)Nc2ccc(N3CCOCC3)cc2)c1C. The second kappa shape index (κ2) is 11.1. The lowest BCUT2D eigenvalue weighted by atomic mass is 10.2. The molecule has 2 heterocycles. The van der Waals surface area contributed by atoms with Gasteiger partial charge in [0.1, 0.15) is 5.75 Å². The molecule has 1 saturated heterocycles. The quantitative estimate of drug-likeness (QED) is 0.460. The Kier molecular flexibility index (Phi) is 7.86. The fourth-order valence-electron chi connectivity index (χ4n) is 4.28. The maximum Gasteiger partial charge on any atom is 0.340 e. The molecule has 4 rings (SSSR count). The van der Waals surface area contributed by atoms with E-state index in [9.17, 15) is 9.59 Å². The van der Waals surface area contributed by atoms with Crippen molar-refractivity contribution in [1.82, 2.24) is 4.57 Å². The predicted molar refractivity (Wildman–Crippen MR) is 140 cm³/mol. The molecule has 36 heavy (non-hydrogen) atoms. The summed E-state index contributed by atoms with van der Waals surface area (Å²) in [5, 5.41) is 3.36. The van der Waals surface area contributed by atoms with Gasteiger partial charge in [0.2, 0.25) is 0 Å². The van der Waals surface area contributed by atoms with Gasteiger partial charge in [-0.3, -0.25) is 4.79 Å². The topological polar surface area (TPSA) is 82.0 Å². The fraction of sp³-hybridized carbons (Fsp3) is 0.333. The summed E-state index contributed by atoms with van der Waals surface area (Å²) in [6.07, 6.45) is -0.986. The van der Waals surface area contributed by atoms with Gasteiger partial charge in [0.05, 0.1) is 31.6 Å². The van der Waals surface area contributed by atoms with Gasteiger partial charge in [-0.2, -0.15) is 0 Å². The number of morpholine rings is 1. The van der Waals surface area contributed by atoms with Crippen LogP contribution in [-0.2, 0) is 14.3 Å². The molecule has 0 radical (unpaired) electrons. The molecule has 9 heteroatoms. The van der Waals surface area contributed by atoms with E-state index in [0.717, 1.165) is 24.5 Å². The van der Waals surface area contributed by atoms with Gasteiger partial charge in [-0.05, 0) is 69.3 Å². The lowest BCUT2D eigenvalue weighted by molar-refractivity contribution is -0.123. The lowest BCUT2D eigenvalue weighted by Gasteiger charge is -2.28. The van der Waals surface area contributed by atoms with Crippen LogP contribution in [0.2, 0.25) is 5.02 Å². The number of nitrogens with zero attached hydrogens (tertiary/aromatic N) is 2. The Morgan fingerprint density at radius 1 is 1.06 bits per heavy atom. The summed E-state index contributed by atoms with van der Waals surface area (Å²) in [6.45, 7) is 8.32. The number of esters is 1. The van der Waals surface area contributed by atoms with Crippen molar-refractivity contribution in [3.8, 4) is 11.4 Å². The van der Waals surface area contributed by atoms with Crippen LogP contribution < -0.4 is 15.0 Å². The molecule has 190 valence electrons. The molecule has 3 aromatic rings. The Morgan fingerprint density at radius 2 is 1.75 bits per heavy atom. The minimum Gasteiger partial charge on any atom is -0.495 e. The number of ether oxygens (including phenoxy) is 3. The molecule has 1 N–H and O–H groups in total. The molecule has 0 saturated carbocycles. The number of anilines is 2. The van der Waals surface area contributed by atoms with E-state index >= 15 is 0 Å². The van der Waals surface area contributed by atoms with Crippen LogP contribution in [0, 0.1) is 13.8 Å². The molecular weight excluding hydrogens is 482 g/mol. The second-order valence-corrected chi connectivity index (χ2v) is 9.06. The van der Waals surface area contributed by atoms with Gasteiger partial charge in [-0.1, -0.05) is 11.6 Å². The Balaban J connectivity index is 1.43. The van der Waals surface area contributed by atoms with Crippen molar-refractivity contribution in [2.45, 2.75) is 26.9 Å². The zero-order valence-corrected chi connectivity index (χ0v) is 21.6. The summed E-state index contributed by atoms with van der Waals surface area (Å²) in [7, 11) is 1.58. The standard InChI is InChI=1S/C27H30ClN3O5/c1-17-15-23(18(2)31(17)24-16-20(28)5-10-25(24)34-4)27(33)36-19(3)26(32)29-21-6-8-22(9-7-21)30-11-13-35-14-12-30/h5-10,15-16,19H,11-14H2,1-4H3,(H,29,32)/t19-/m1/s1. The van der Waals surface area contributed by atoms with E-state index in [1.807, 2.05) is 42.7 Å². The molecule has 1 aliphatic heterocycles. The van der Waals surface area contributed by atoms with Gasteiger partial charge >= 0.3 is 5.97 Å². The number of aromatic nitrogens is 1. The largest absolute Gasteiger partial charge is 0.495 e. The molecule has 0 aliphatic carbocycles. The van der Waals surface area contributed by atoms with E-state index in [0.29, 0.717) is 46.6 Å². The van der Waals surface area contributed by atoms with E-state index in [1.54, 1.807) is 38.3 Å². The first-order chi connectivity index (χ1) is 17.3. The Hall–Kier alpha value is -3.49. The number of carbonyl (C=O) groups is 2. The van der Waals surface area contributed by atoms with Crippen LogP contribution in [0.3, 0.4) is 0 Å². The summed E-state index contributed by atoms with van der Waals surface area (Å²) in [5.41, 5.74) is 4.24. The van der Waals surface area contributed by atoms with E-state index in [-0.39, 0.29) is 0 Å². The Morgan fingerprint density at radius 3 is 2.42 bits per heavy atom. The third kappa shape index (κ3) is 5.50. The molecule has 1 aromatic heterocycles. The van der Waals surface area contributed by atoms with Gasteiger partial charge in [0, 0.05) is 40.9 Å². The number of aryl methyl sites for hydroxylation is 1. The van der Waals surface area contributed by atoms with Crippen LogP contribution >= 0.6 is 11.6 Å². The van der Waals surface area contributed by atoms with E-state index in [4.69, 9.17) is 25.8 Å². The summed E-state index contributed by atoms with van der Waals surface area (Å²) >= 11 is 6.20. The number of rotatable bonds is 7. The summed E-state index contributed by atoms with van der Waals surface area (Å²) in [4.78, 5) is 27.9. The Bertz CT molecular complexity index is 1250.